The predicted molar refractivity (Wildman–Crippen MR) is 75.5 cm³/mol. The molecule has 1 aliphatic heterocycles. The summed E-state index contributed by atoms with van der Waals surface area (Å²) < 4.78 is 19.1. The fraction of sp³-hybridized carbons (Fsp3) is 0.286. The Balaban J connectivity index is 1.96. The Morgan fingerprint density at radius 1 is 1.25 bits per heavy atom. The van der Waals surface area contributed by atoms with Crippen molar-refractivity contribution in [3.63, 3.8) is 0 Å². The van der Waals surface area contributed by atoms with Gasteiger partial charge in [-0.15, -0.1) is 0 Å². The fourth-order valence-electron chi connectivity index (χ4n) is 2.22. The van der Waals surface area contributed by atoms with Gasteiger partial charge in [-0.1, -0.05) is 12.1 Å². The standard InChI is InChI=1S/C14H13ClFN3O/c15-14-17-9-12(16)13(18-14)10-2-1-3-11(8-10)19-4-6-20-7-5-19/h1-3,8-9H,4-7H2. The summed E-state index contributed by atoms with van der Waals surface area (Å²) >= 11 is 5.74. The maximum Gasteiger partial charge on any atom is 0.223 e. The van der Waals surface area contributed by atoms with E-state index < -0.39 is 5.82 Å². The Kier molecular flexibility index (Phi) is 3.80. The van der Waals surface area contributed by atoms with Crippen molar-refractivity contribution in [3.8, 4) is 11.3 Å². The molecule has 1 saturated heterocycles. The first-order valence-corrected chi connectivity index (χ1v) is 6.73. The molecule has 0 unspecified atom stereocenters. The average molecular weight is 294 g/mol. The summed E-state index contributed by atoms with van der Waals surface area (Å²) in [5, 5.41) is 0.0400. The Morgan fingerprint density at radius 3 is 2.85 bits per heavy atom. The lowest BCUT2D eigenvalue weighted by Gasteiger charge is -2.29. The zero-order valence-corrected chi connectivity index (χ0v) is 11.5. The van der Waals surface area contributed by atoms with Crippen LogP contribution in [0.1, 0.15) is 0 Å². The van der Waals surface area contributed by atoms with Crippen LogP contribution in [0.15, 0.2) is 30.5 Å². The molecule has 0 spiro atoms. The highest BCUT2D eigenvalue weighted by Gasteiger charge is 2.14. The highest BCUT2D eigenvalue weighted by molar-refractivity contribution is 6.28. The second kappa shape index (κ2) is 5.73. The van der Waals surface area contributed by atoms with Gasteiger partial charge < -0.3 is 9.64 Å². The molecule has 0 atom stereocenters. The maximum absolute atomic E-state index is 13.8. The monoisotopic (exact) mass is 293 g/mol. The van der Waals surface area contributed by atoms with Gasteiger partial charge in [0.2, 0.25) is 5.28 Å². The highest BCUT2D eigenvalue weighted by atomic mass is 35.5. The van der Waals surface area contributed by atoms with Gasteiger partial charge >= 0.3 is 0 Å². The van der Waals surface area contributed by atoms with Crippen LogP contribution in [0.5, 0.6) is 0 Å². The van der Waals surface area contributed by atoms with Gasteiger partial charge in [0.25, 0.3) is 0 Å². The number of benzene rings is 1. The lowest BCUT2D eigenvalue weighted by atomic mass is 10.1. The molecule has 2 heterocycles. The van der Waals surface area contributed by atoms with Crippen molar-refractivity contribution >= 4 is 17.3 Å². The molecule has 104 valence electrons. The molecule has 3 rings (SSSR count). The van der Waals surface area contributed by atoms with Gasteiger partial charge in [-0.25, -0.2) is 14.4 Å². The topological polar surface area (TPSA) is 38.2 Å². The van der Waals surface area contributed by atoms with E-state index in [0.29, 0.717) is 18.8 Å². The summed E-state index contributed by atoms with van der Waals surface area (Å²) in [7, 11) is 0. The molecule has 20 heavy (non-hydrogen) atoms. The lowest BCUT2D eigenvalue weighted by Crippen LogP contribution is -2.36. The van der Waals surface area contributed by atoms with Crippen LogP contribution in [0.3, 0.4) is 0 Å². The van der Waals surface area contributed by atoms with Crippen molar-refractivity contribution in [2.75, 3.05) is 31.2 Å². The van der Waals surface area contributed by atoms with Gasteiger partial charge in [-0.2, -0.15) is 0 Å². The molecular formula is C14H13ClFN3O. The number of ether oxygens (including phenoxy) is 1. The number of halogens is 2. The van der Waals surface area contributed by atoms with Gasteiger partial charge in [0.1, 0.15) is 5.69 Å². The molecule has 1 aromatic heterocycles. The molecule has 0 bridgehead atoms. The minimum absolute atomic E-state index is 0.0400. The summed E-state index contributed by atoms with van der Waals surface area (Å²) in [5.74, 6) is -0.478. The molecule has 0 amide bonds. The summed E-state index contributed by atoms with van der Waals surface area (Å²) in [6.07, 6.45) is 1.09. The third-order valence-electron chi connectivity index (χ3n) is 3.21. The van der Waals surface area contributed by atoms with E-state index in [9.17, 15) is 4.39 Å². The SMILES string of the molecule is Fc1cnc(Cl)nc1-c1cccc(N2CCOCC2)c1. The van der Waals surface area contributed by atoms with Gasteiger partial charge in [0.15, 0.2) is 5.82 Å². The minimum atomic E-state index is -0.478. The normalized spacial score (nSPS) is 15.4. The molecule has 1 fully saturated rings. The second-order valence-electron chi connectivity index (χ2n) is 4.49. The Morgan fingerprint density at radius 2 is 2.05 bits per heavy atom. The van der Waals surface area contributed by atoms with E-state index in [-0.39, 0.29) is 11.0 Å². The average Bonchev–Trinajstić information content (AvgIpc) is 2.51. The van der Waals surface area contributed by atoms with E-state index in [4.69, 9.17) is 16.3 Å². The van der Waals surface area contributed by atoms with Gasteiger partial charge in [-0.3, -0.25) is 0 Å². The molecule has 2 aromatic rings. The molecule has 1 aromatic carbocycles. The van der Waals surface area contributed by atoms with Crippen LogP contribution in [0.25, 0.3) is 11.3 Å². The number of aromatic nitrogens is 2. The molecule has 0 N–H and O–H groups in total. The molecule has 6 heteroatoms. The number of hydrogen-bond donors (Lipinski definition) is 0. The van der Waals surface area contributed by atoms with E-state index in [1.165, 1.54) is 0 Å². The zero-order chi connectivity index (χ0) is 13.9. The molecule has 0 aliphatic carbocycles. The minimum Gasteiger partial charge on any atom is -0.378 e. The number of morpholine rings is 1. The van der Waals surface area contributed by atoms with E-state index in [0.717, 1.165) is 25.0 Å². The Labute approximate surface area is 121 Å². The van der Waals surface area contributed by atoms with Crippen LogP contribution in [0.4, 0.5) is 10.1 Å². The Bertz CT molecular complexity index is 617. The van der Waals surface area contributed by atoms with Crippen molar-refractivity contribution in [3.05, 3.63) is 41.6 Å². The highest BCUT2D eigenvalue weighted by Crippen LogP contribution is 2.26. The molecular weight excluding hydrogens is 281 g/mol. The fourth-order valence-corrected chi connectivity index (χ4v) is 2.35. The van der Waals surface area contributed by atoms with Crippen LogP contribution >= 0.6 is 11.6 Å². The first-order chi connectivity index (χ1) is 9.74. The molecule has 4 nitrogen and oxygen atoms in total. The van der Waals surface area contributed by atoms with Crippen molar-refractivity contribution in [1.82, 2.24) is 9.97 Å². The first-order valence-electron chi connectivity index (χ1n) is 6.35. The smallest absolute Gasteiger partial charge is 0.223 e. The van der Waals surface area contributed by atoms with Crippen LogP contribution in [-0.2, 0) is 4.74 Å². The third-order valence-corrected chi connectivity index (χ3v) is 3.39. The zero-order valence-electron chi connectivity index (χ0n) is 10.7. The predicted octanol–water partition coefficient (Wildman–Crippen LogP) is 2.77. The maximum atomic E-state index is 13.8. The van der Waals surface area contributed by atoms with Crippen molar-refractivity contribution in [2.45, 2.75) is 0 Å². The molecule has 0 saturated carbocycles. The van der Waals surface area contributed by atoms with Gasteiger partial charge in [0.05, 0.1) is 19.4 Å². The first kappa shape index (κ1) is 13.3. The largest absolute Gasteiger partial charge is 0.378 e. The van der Waals surface area contributed by atoms with Crippen LogP contribution in [0.2, 0.25) is 5.28 Å². The summed E-state index contributed by atoms with van der Waals surface area (Å²) in [6, 6.07) is 7.60. The number of hydrogen-bond acceptors (Lipinski definition) is 4. The van der Waals surface area contributed by atoms with Crippen molar-refractivity contribution in [2.24, 2.45) is 0 Å². The molecule has 0 radical (unpaired) electrons. The Hall–Kier alpha value is -1.72. The van der Waals surface area contributed by atoms with Crippen LogP contribution in [0, 0.1) is 5.82 Å². The number of nitrogens with zero attached hydrogens (tertiary/aromatic N) is 3. The van der Waals surface area contributed by atoms with Crippen molar-refractivity contribution < 1.29 is 9.13 Å². The van der Waals surface area contributed by atoms with E-state index >= 15 is 0 Å². The van der Waals surface area contributed by atoms with Crippen LogP contribution < -0.4 is 4.90 Å². The van der Waals surface area contributed by atoms with Gasteiger partial charge in [0, 0.05) is 24.3 Å². The lowest BCUT2D eigenvalue weighted by molar-refractivity contribution is 0.122. The van der Waals surface area contributed by atoms with Crippen LogP contribution in [-0.4, -0.2) is 36.3 Å². The van der Waals surface area contributed by atoms with Crippen molar-refractivity contribution in [1.29, 1.82) is 0 Å². The molecule has 1 aliphatic rings. The van der Waals surface area contributed by atoms with Gasteiger partial charge in [-0.05, 0) is 23.7 Å². The van der Waals surface area contributed by atoms with E-state index in [1.807, 2.05) is 24.3 Å². The summed E-state index contributed by atoms with van der Waals surface area (Å²) in [4.78, 5) is 9.80. The van der Waals surface area contributed by atoms with E-state index in [1.54, 1.807) is 0 Å². The summed E-state index contributed by atoms with van der Waals surface area (Å²) in [6.45, 7) is 3.07. The van der Waals surface area contributed by atoms with E-state index in [2.05, 4.69) is 14.9 Å². The second-order valence-corrected chi connectivity index (χ2v) is 4.82. The number of anilines is 1. The number of rotatable bonds is 2. The third kappa shape index (κ3) is 2.73. The quantitative estimate of drug-likeness (QED) is 0.798. The summed E-state index contributed by atoms with van der Waals surface area (Å²) in [5.41, 5.74) is 1.94.